The highest BCUT2D eigenvalue weighted by atomic mass is 16.5. The quantitative estimate of drug-likeness (QED) is 0.642. The van der Waals surface area contributed by atoms with Crippen LogP contribution in [0.25, 0.3) is 0 Å². The summed E-state index contributed by atoms with van der Waals surface area (Å²) in [6, 6.07) is 17.1. The lowest BCUT2D eigenvalue weighted by Crippen LogP contribution is -2.12. The number of oxazole rings is 1. The van der Waals surface area contributed by atoms with E-state index < -0.39 is 0 Å². The Balaban J connectivity index is 1.85. The summed E-state index contributed by atoms with van der Waals surface area (Å²) in [6.45, 7) is 1.87. The largest absolute Gasteiger partial charge is 0.484 e. The molecule has 0 spiro atoms. The summed E-state index contributed by atoms with van der Waals surface area (Å²) in [4.78, 5) is 15.0. The Kier molecular flexibility index (Phi) is 4.52. The van der Waals surface area contributed by atoms with Crippen molar-refractivity contribution in [2.24, 2.45) is 0 Å². The monoisotopic (exact) mass is 307 g/mol. The van der Waals surface area contributed by atoms with Gasteiger partial charge < -0.3 is 9.15 Å². The van der Waals surface area contributed by atoms with E-state index in [9.17, 15) is 4.79 Å². The minimum absolute atomic E-state index is 0.252. The van der Waals surface area contributed by atoms with Gasteiger partial charge in [0.05, 0.1) is 0 Å². The molecule has 0 saturated heterocycles. The van der Waals surface area contributed by atoms with Crippen LogP contribution >= 0.6 is 0 Å². The molecule has 1 heterocycles. The number of aryl methyl sites for hydroxylation is 1. The van der Waals surface area contributed by atoms with E-state index in [1.165, 1.54) is 6.39 Å². The van der Waals surface area contributed by atoms with Crippen LogP contribution in [0, 0.1) is 6.92 Å². The van der Waals surface area contributed by atoms with Crippen LogP contribution in [0.15, 0.2) is 65.4 Å². The molecule has 4 heteroatoms. The number of aromatic nitrogens is 1. The molecular weight excluding hydrogens is 290 g/mol. The van der Waals surface area contributed by atoms with Crippen LogP contribution in [0.3, 0.4) is 0 Å². The van der Waals surface area contributed by atoms with Crippen LogP contribution in [0.1, 0.15) is 33.5 Å². The van der Waals surface area contributed by atoms with Crippen molar-refractivity contribution >= 4 is 6.29 Å². The number of hydrogen-bond acceptors (Lipinski definition) is 4. The van der Waals surface area contributed by atoms with E-state index in [2.05, 4.69) is 17.1 Å². The van der Waals surface area contributed by atoms with Gasteiger partial charge in [-0.2, -0.15) is 0 Å². The second kappa shape index (κ2) is 6.92. The first-order chi connectivity index (χ1) is 11.3. The summed E-state index contributed by atoms with van der Waals surface area (Å²) >= 11 is 0. The predicted octanol–water partition coefficient (Wildman–Crippen LogP) is 4.16. The highest BCUT2D eigenvalue weighted by Gasteiger charge is 2.20. The van der Waals surface area contributed by atoms with Gasteiger partial charge in [-0.25, -0.2) is 4.98 Å². The van der Waals surface area contributed by atoms with Gasteiger partial charge in [-0.1, -0.05) is 30.3 Å². The van der Waals surface area contributed by atoms with Gasteiger partial charge in [0, 0.05) is 12.0 Å². The van der Waals surface area contributed by atoms with Crippen LogP contribution in [0.5, 0.6) is 5.75 Å². The molecule has 0 N–H and O–H groups in total. The fraction of sp³-hybridized carbons (Fsp3) is 0.158. The van der Waals surface area contributed by atoms with Crippen LogP contribution in [-0.2, 0) is 6.42 Å². The van der Waals surface area contributed by atoms with E-state index in [1.54, 1.807) is 24.3 Å². The minimum Gasteiger partial charge on any atom is -0.484 e. The van der Waals surface area contributed by atoms with Crippen molar-refractivity contribution in [1.82, 2.24) is 4.98 Å². The summed E-state index contributed by atoms with van der Waals surface area (Å²) in [6.07, 6.45) is 2.68. The van der Waals surface area contributed by atoms with Crippen molar-refractivity contribution < 1.29 is 13.9 Å². The van der Waals surface area contributed by atoms with Crippen molar-refractivity contribution in [1.29, 1.82) is 0 Å². The third-order valence-corrected chi connectivity index (χ3v) is 3.65. The zero-order valence-electron chi connectivity index (χ0n) is 12.8. The highest BCUT2D eigenvalue weighted by molar-refractivity contribution is 5.74. The first kappa shape index (κ1) is 15.0. The zero-order valence-corrected chi connectivity index (χ0v) is 12.8. The molecule has 0 radical (unpaired) electrons. The Morgan fingerprint density at radius 1 is 1.13 bits per heavy atom. The molecule has 0 amide bonds. The van der Waals surface area contributed by atoms with Crippen LogP contribution in [-0.4, -0.2) is 11.3 Å². The summed E-state index contributed by atoms with van der Waals surface area (Å²) in [5.74, 6) is 1.44. The molecule has 1 unspecified atom stereocenters. The number of carbonyl (C=O) groups excluding carboxylic acids is 1. The molecule has 1 aromatic heterocycles. The molecule has 0 saturated carbocycles. The molecule has 23 heavy (non-hydrogen) atoms. The van der Waals surface area contributed by atoms with Crippen molar-refractivity contribution in [3.05, 3.63) is 83.6 Å². The van der Waals surface area contributed by atoms with Gasteiger partial charge in [-0.3, -0.25) is 4.79 Å². The average molecular weight is 307 g/mol. The van der Waals surface area contributed by atoms with E-state index in [0.29, 0.717) is 17.7 Å². The molecule has 3 rings (SSSR count). The maximum absolute atomic E-state index is 10.7. The molecule has 0 aliphatic rings. The Morgan fingerprint density at radius 2 is 1.87 bits per heavy atom. The Labute approximate surface area is 134 Å². The van der Waals surface area contributed by atoms with Gasteiger partial charge in [-0.15, -0.1) is 0 Å². The smallest absolute Gasteiger partial charge is 0.181 e. The normalized spacial score (nSPS) is 11.9. The molecule has 4 nitrogen and oxygen atoms in total. The molecule has 0 fully saturated rings. The van der Waals surface area contributed by atoms with E-state index in [0.717, 1.165) is 23.3 Å². The first-order valence-electron chi connectivity index (χ1n) is 7.42. The van der Waals surface area contributed by atoms with Gasteiger partial charge >= 0.3 is 0 Å². The summed E-state index contributed by atoms with van der Waals surface area (Å²) < 4.78 is 11.4. The number of carbonyl (C=O) groups is 1. The van der Waals surface area contributed by atoms with Gasteiger partial charge in [0.2, 0.25) is 0 Å². The van der Waals surface area contributed by atoms with Crippen molar-refractivity contribution in [2.75, 3.05) is 0 Å². The molecule has 0 bridgehead atoms. The van der Waals surface area contributed by atoms with Crippen LogP contribution in [0.4, 0.5) is 0 Å². The molecule has 0 aliphatic heterocycles. The number of benzene rings is 2. The number of rotatable bonds is 6. The van der Waals surface area contributed by atoms with Gasteiger partial charge in [0.25, 0.3) is 0 Å². The Morgan fingerprint density at radius 3 is 2.48 bits per heavy atom. The van der Waals surface area contributed by atoms with Gasteiger partial charge in [0.15, 0.2) is 6.39 Å². The third kappa shape index (κ3) is 3.66. The fourth-order valence-corrected chi connectivity index (χ4v) is 2.43. The second-order valence-electron chi connectivity index (χ2n) is 5.28. The van der Waals surface area contributed by atoms with E-state index in [-0.39, 0.29) is 6.10 Å². The summed E-state index contributed by atoms with van der Waals surface area (Å²) in [7, 11) is 0. The van der Waals surface area contributed by atoms with Gasteiger partial charge in [0.1, 0.15) is 29.6 Å². The number of hydrogen-bond donors (Lipinski definition) is 0. The first-order valence-corrected chi connectivity index (χ1v) is 7.42. The predicted molar refractivity (Wildman–Crippen MR) is 86.6 cm³/mol. The second-order valence-corrected chi connectivity index (χ2v) is 5.28. The maximum Gasteiger partial charge on any atom is 0.181 e. The van der Waals surface area contributed by atoms with E-state index in [4.69, 9.17) is 9.15 Å². The van der Waals surface area contributed by atoms with Crippen molar-refractivity contribution in [2.45, 2.75) is 19.4 Å². The lowest BCUT2D eigenvalue weighted by Gasteiger charge is -2.18. The summed E-state index contributed by atoms with van der Waals surface area (Å²) in [5.41, 5.74) is 2.56. The Bertz CT molecular complexity index is 763. The maximum atomic E-state index is 10.7. The lowest BCUT2D eigenvalue weighted by atomic mass is 10.0. The van der Waals surface area contributed by atoms with E-state index in [1.807, 2.05) is 25.1 Å². The van der Waals surface area contributed by atoms with Crippen LogP contribution < -0.4 is 4.74 Å². The molecular formula is C19H17NO3. The standard InChI is InChI=1S/C19H17NO3/c1-14-19(20-13-22-14)18(11-15-5-3-2-4-6-15)23-17-9-7-16(12-21)8-10-17/h2-10,12-13,18H,11H2,1H3. The molecule has 1 atom stereocenters. The van der Waals surface area contributed by atoms with Crippen molar-refractivity contribution in [3.63, 3.8) is 0 Å². The van der Waals surface area contributed by atoms with Crippen molar-refractivity contribution in [3.8, 4) is 5.75 Å². The minimum atomic E-state index is -0.252. The molecule has 0 aliphatic carbocycles. The number of ether oxygens (including phenoxy) is 1. The highest BCUT2D eigenvalue weighted by Crippen LogP contribution is 2.27. The molecule has 116 valence electrons. The third-order valence-electron chi connectivity index (χ3n) is 3.65. The van der Waals surface area contributed by atoms with E-state index >= 15 is 0 Å². The Hall–Kier alpha value is -2.88. The number of aldehydes is 1. The molecule has 3 aromatic rings. The topological polar surface area (TPSA) is 52.3 Å². The lowest BCUT2D eigenvalue weighted by molar-refractivity contribution is 0.112. The van der Waals surface area contributed by atoms with Gasteiger partial charge in [-0.05, 0) is 36.8 Å². The fourth-order valence-electron chi connectivity index (χ4n) is 2.43. The zero-order chi connectivity index (χ0) is 16.1. The summed E-state index contributed by atoms with van der Waals surface area (Å²) in [5, 5.41) is 0. The van der Waals surface area contributed by atoms with Crippen LogP contribution in [0.2, 0.25) is 0 Å². The SMILES string of the molecule is Cc1ocnc1C(Cc1ccccc1)Oc1ccc(C=O)cc1. The average Bonchev–Trinajstić information content (AvgIpc) is 3.02. The number of nitrogens with zero attached hydrogens (tertiary/aromatic N) is 1. The molecule has 2 aromatic carbocycles.